The minimum Gasteiger partial charge on any atom is -0.299 e. The van der Waals surface area contributed by atoms with Crippen LogP contribution in [0.5, 0.6) is 0 Å². The molecule has 0 aromatic rings. The van der Waals surface area contributed by atoms with Crippen LogP contribution in [-0.2, 0) is 4.79 Å². The van der Waals surface area contributed by atoms with Gasteiger partial charge in [0.2, 0.25) is 0 Å². The Balaban J connectivity index is 2.63. The van der Waals surface area contributed by atoms with E-state index >= 15 is 0 Å². The molecule has 0 aliphatic heterocycles. The van der Waals surface area contributed by atoms with Crippen molar-refractivity contribution in [3.8, 4) is 0 Å². The number of rotatable bonds is 0. The first-order valence-electron chi connectivity index (χ1n) is 3.81. The van der Waals surface area contributed by atoms with Crippen LogP contribution in [0.4, 0.5) is 0 Å². The molecule has 1 heteroatoms. The Bertz CT molecular complexity index is 152. The Labute approximate surface area is 62.1 Å². The number of hydrogen-bond acceptors (Lipinski definition) is 1. The fourth-order valence-corrected chi connectivity index (χ4v) is 1.40. The van der Waals surface area contributed by atoms with Gasteiger partial charge in [0.15, 0.2) is 0 Å². The van der Waals surface area contributed by atoms with Gasteiger partial charge in [-0.05, 0) is 12.3 Å². The first-order chi connectivity index (χ1) is 4.61. The van der Waals surface area contributed by atoms with Gasteiger partial charge in [0, 0.05) is 12.3 Å². The van der Waals surface area contributed by atoms with Crippen LogP contribution in [0.3, 0.4) is 0 Å². The van der Waals surface area contributed by atoms with E-state index < -0.39 is 0 Å². The fourth-order valence-electron chi connectivity index (χ4n) is 1.40. The highest BCUT2D eigenvalue weighted by Crippen LogP contribution is 2.28. The maximum Gasteiger partial charge on any atom is 0.139 e. The molecule has 0 aromatic heterocycles. The Morgan fingerprint density at radius 1 is 1.40 bits per heavy atom. The van der Waals surface area contributed by atoms with E-state index in [4.69, 9.17) is 0 Å². The molecule has 0 radical (unpaired) electrons. The molecule has 1 saturated carbocycles. The molecule has 2 atom stereocenters. The quantitative estimate of drug-likeness (QED) is 0.469. The Kier molecular flexibility index (Phi) is 1.93. The highest BCUT2D eigenvalue weighted by Gasteiger charge is 2.24. The molecule has 2 unspecified atom stereocenters. The molecule has 0 N–H and O–H groups in total. The van der Waals surface area contributed by atoms with Crippen molar-refractivity contribution in [2.75, 3.05) is 0 Å². The van der Waals surface area contributed by atoms with Gasteiger partial charge in [-0.25, -0.2) is 0 Å². The third kappa shape index (κ3) is 1.28. The van der Waals surface area contributed by atoms with E-state index in [9.17, 15) is 4.79 Å². The molecule has 0 saturated heterocycles. The molecule has 1 aliphatic rings. The van der Waals surface area contributed by atoms with Crippen LogP contribution in [0, 0.1) is 11.8 Å². The molecule has 0 amide bonds. The topological polar surface area (TPSA) is 17.1 Å². The second kappa shape index (κ2) is 2.57. The van der Waals surface area contributed by atoms with E-state index in [2.05, 4.69) is 13.5 Å². The summed E-state index contributed by atoms with van der Waals surface area (Å²) in [7, 11) is 0. The fraction of sp³-hybridized carbons (Fsp3) is 0.667. The number of carbonyl (C=O) groups excluding carboxylic acids is 1. The van der Waals surface area contributed by atoms with Crippen LogP contribution in [0.1, 0.15) is 26.7 Å². The molecule has 56 valence electrons. The molecule has 0 aromatic carbocycles. The summed E-state index contributed by atoms with van der Waals surface area (Å²) in [5.41, 5.74) is 1.11. The third-order valence-electron chi connectivity index (χ3n) is 2.35. The lowest BCUT2D eigenvalue weighted by molar-refractivity contribution is -0.123. The second-order valence-electron chi connectivity index (χ2n) is 3.34. The minimum atomic E-state index is 0.264. The molecular formula is C9H14O. The highest BCUT2D eigenvalue weighted by molar-refractivity contribution is 5.84. The Morgan fingerprint density at radius 2 is 2.00 bits per heavy atom. The van der Waals surface area contributed by atoms with Crippen LogP contribution in [0.15, 0.2) is 12.2 Å². The van der Waals surface area contributed by atoms with E-state index in [1.807, 2.05) is 6.92 Å². The highest BCUT2D eigenvalue weighted by atomic mass is 16.1. The van der Waals surface area contributed by atoms with Gasteiger partial charge in [-0.2, -0.15) is 0 Å². The van der Waals surface area contributed by atoms with Crippen molar-refractivity contribution in [2.24, 2.45) is 11.8 Å². The van der Waals surface area contributed by atoms with Gasteiger partial charge >= 0.3 is 0 Å². The van der Waals surface area contributed by atoms with E-state index in [1.54, 1.807) is 0 Å². The van der Waals surface area contributed by atoms with Gasteiger partial charge in [0.05, 0.1) is 0 Å². The molecular weight excluding hydrogens is 124 g/mol. The number of allylic oxidation sites excluding steroid dienone is 1. The van der Waals surface area contributed by atoms with Crippen LogP contribution >= 0.6 is 0 Å². The Hall–Kier alpha value is -0.590. The maximum absolute atomic E-state index is 11.1. The van der Waals surface area contributed by atoms with Crippen molar-refractivity contribution in [2.45, 2.75) is 26.7 Å². The van der Waals surface area contributed by atoms with Crippen molar-refractivity contribution in [3.05, 3.63) is 12.2 Å². The number of hydrogen-bond donors (Lipinski definition) is 0. The summed E-state index contributed by atoms with van der Waals surface area (Å²) < 4.78 is 0. The lowest BCUT2D eigenvalue weighted by Crippen LogP contribution is -2.22. The molecule has 1 aliphatic carbocycles. The van der Waals surface area contributed by atoms with Crippen molar-refractivity contribution in [3.63, 3.8) is 0 Å². The summed E-state index contributed by atoms with van der Waals surface area (Å²) in [5, 5.41) is 0. The van der Waals surface area contributed by atoms with E-state index in [1.165, 1.54) is 0 Å². The zero-order chi connectivity index (χ0) is 7.72. The van der Waals surface area contributed by atoms with Gasteiger partial charge in [-0.3, -0.25) is 4.79 Å². The van der Waals surface area contributed by atoms with Crippen LogP contribution < -0.4 is 0 Å². The molecule has 1 rings (SSSR count). The van der Waals surface area contributed by atoms with Gasteiger partial charge in [0.25, 0.3) is 0 Å². The van der Waals surface area contributed by atoms with Crippen molar-refractivity contribution < 1.29 is 4.79 Å². The third-order valence-corrected chi connectivity index (χ3v) is 2.35. The van der Waals surface area contributed by atoms with Crippen LogP contribution in [0.25, 0.3) is 0 Å². The first-order valence-corrected chi connectivity index (χ1v) is 3.81. The molecule has 0 bridgehead atoms. The zero-order valence-corrected chi connectivity index (χ0v) is 6.68. The molecule has 0 heterocycles. The van der Waals surface area contributed by atoms with Crippen molar-refractivity contribution in [1.29, 1.82) is 0 Å². The summed E-state index contributed by atoms with van der Waals surface area (Å²) in [6.45, 7) is 8.01. The smallest absolute Gasteiger partial charge is 0.139 e. The summed E-state index contributed by atoms with van der Waals surface area (Å²) in [5.74, 6) is 1.18. The minimum absolute atomic E-state index is 0.264. The summed E-state index contributed by atoms with van der Waals surface area (Å²) in [6, 6.07) is 0. The average Bonchev–Trinajstić information content (AvgIpc) is 1.84. The van der Waals surface area contributed by atoms with E-state index in [0.717, 1.165) is 12.0 Å². The van der Waals surface area contributed by atoms with E-state index in [-0.39, 0.29) is 5.92 Å². The van der Waals surface area contributed by atoms with Crippen LogP contribution in [0.2, 0.25) is 0 Å². The predicted molar refractivity (Wildman–Crippen MR) is 41.7 cm³/mol. The van der Waals surface area contributed by atoms with Crippen molar-refractivity contribution >= 4 is 5.78 Å². The standard InChI is InChI=1S/C9H14O/c1-6-4-8(3)9(10)5-7(6)2/h6,8H,2,4-5H2,1,3H3. The maximum atomic E-state index is 11.1. The van der Waals surface area contributed by atoms with Gasteiger partial charge in [-0.15, -0.1) is 0 Å². The average molecular weight is 138 g/mol. The summed E-state index contributed by atoms with van der Waals surface area (Å²) in [4.78, 5) is 11.1. The second-order valence-corrected chi connectivity index (χ2v) is 3.34. The lowest BCUT2D eigenvalue weighted by atomic mass is 9.80. The first kappa shape index (κ1) is 7.52. The van der Waals surface area contributed by atoms with E-state index in [0.29, 0.717) is 18.1 Å². The molecule has 1 fully saturated rings. The largest absolute Gasteiger partial charge is 0.299 e. The predicted octanol–water partition coefficient (Wildman–Crippen LogP) is 2.18. The normalized spacial score (nSPS) is 34.6. The SMILES string of the molecule is C=C1CC(=O)C(C)CC1C. The number of ketones is 1. The summed E-state index contributed by atoms with van der Waals surface area (Å²) >= 11 is 0. The molecule has 10 heavy (non-hydrogen) atoms. The zero-order valence-electron chi connectivity index (χ0n) is 6.68. The van der Waals surface area contributed by atoms with Gasteiger partial charge in [0.1, 0.15) is 5.78 Å². The summed E-state index contributed by atoms with van der Waals surface area (Å²) in [6.07, 6.45) is 1.61. The lowest BCUT2D eigenvalue weighted by Gasteiger charge is -2.24. The van der Waals surface area contributed by atoms with Crippen molar-refractivity contribution in [1.82, 2.24) is 0 Å². The molecule has 0 spiro atoms. The monoisotopic (exact) mass is 138 g/mol. The van der Waals surface area contributed by atoms with Crippen LogP contribution in [-0.4, -0.2) is 5.78 Å². The molecule has 1 nitrogen and oxygen atoms in total. The number of Topliss-reactive ketones (excluding diaryl/α,β-unsaturated/α-hetero) is 1. The van der Waals surface area contributed by atoms with Gasteiger partial charge in [-0.1, -0.05) is 26.0 Å². The number of carbonyl (C=O) groups is 1. The Morgan fingerprint density at radius 3 is 2.50 bits per heavy atom. The van der Waals surface area contributed by atoms with Gasteiger partial charge < -0.3 is 0 Å².